The third-order valence-electron chi connectivity index (χ3n) is 6.43. The topological polar surface area (TPSA) is 114 Å². The number of aliphatic carboxylic acids is 1. The van der Waals surface area contributed by atoms with Crippen LogP contribution in [0.4, 0.5) is 4.79 Å². The van der Waals surface area contributed by atoms with Crippen LogP contribution in [0.5, 0.6) is 0 Å². The summed E-state index contributed by atoms with van der Waals surface area (Å²) in [5, 5.41) is 14.5. The van der Waals surface area contributed by atoms with Crippen molar-refractivity contribution in [3.05, 3.63) is 59.7 Å². The number of rotatable bonds is 9. The summed E-state index contributed by atoms with van der Waals surface area (Å²) < 4.78 is 10.9. The van der Waals surface area contributed by atoms with Crippen molar-refractivity contribution in [2.75, 3.05) is 26.3 Å². The highest BCUT2D eigenvalue weighted by atomic mass is 16.5. The zero-order valence-corrected chi connectivity index (χ0v) is 19.2. The van der Waals surface area contributed by atoms with Crippen molar-refractivity contribution >= 4 is 18.0 Å². The second kappa shape index (κ2) is 10.7. The molecule has 1 unspecified atom stereocenters. The quantitative estimate of drug-likeness (QED) is 0.523. The van der Waals surface area contributed by atoms with Crippen molar-refractivity contribution in [2.45, 2.75) is 31.8 Å². The third-order valence-corrected chi connectivity index (χ3v) is 6.43. The molecule has 0 radical (unpaired) electrons. The molecule has 34 heavy (non-hydrogen) atoms. The van der Waals surface area contributed by atoms with E-state index in [1.165, 1.54) is 11.1 Å². The number of benzene rings is 2. The molecular formula is C26H30N2O6. The van der Waals surface area contributed by atoms with Gasteiger partial charge in [0.25, 0.3) is 0 Å². The van der Waals surface area contributed by atoms with Gasteiger partial charge in [-0.05, 0) is 34.6 Å². The van der Waals surface area contributed by atoms with Crippen molar-refractivity contribution in [2.24, 2.45) is 11.8 Å². The van der Waals surface area contributed by atoms with Crippen LogP contribution >= 0.6 is 0 Å². The van der Waals surface area contributed by atoms with Gasteiger partial charge in [0.1, 0.15) is 6.61 Å². The van der Waals surface area contributed by atoms with Crippen molar-refractivity contribution < 1.29 is 29.0 Å². The van der Waals surface area contributed by atoms with Crippen molar-refractivity contribution in [3.8, 4) is 11.1 Å². The molecule has 2 aliphatic rings. The Bertz CT molecular complexity index is 1010. The minimum Gasteiger partial charge on any atom is -0.481 e. The predicted octanol–water partition coefficient (Wildman–Crippen LogP) is 3.16. The van der Waals surface area contributed by atoms with Gasteiger partial charge in [-0.2, -0.15) is 0 Å². The van der Waals surface area contributed by atoms with E-state index in [9.17, 15) is 14.4 Å². The number of hydrogen-bond donors (Lipinski definition) is 3. The van der Waals surface area contributed by atoms with E-state index in [2.05, 4.69) is 34.9 Å². The highest BCUT2D eigenvalue weighted by Crippen LogP contribution is 2.44. The molecule has 180 valence electrons. The van der Waals surface area contributed by atoms with E-state index in [-0.39, 0.29) is 50.0 Å². The lowest BCUT2D eigenvalue weighted by Gasteiger charge is -2.16. The Morgan fingerprint density at radius 2 is 1.71 bits per heavy atom. The molecule has 8 heteroatoms. The first-order valence-electron chi connectivity index (χ1n) is 11.6. The van der Waals surface area contributed by atoms with Crippen molar-refractivity contribution in [1.29, 1.82) is 0 Å². The molecule has 3 N–H and O–H groups in total. The molecule has 2 aromatic carbocycles. The first kappa shape index (κ1) is 23.8. The Kier molecular flexibility index (Phi) is 7.47. The van der Waals surface area contributed by atoms with Crippen LogP contribution in [0, 0.1) is 11.8 Å². The molecule has 2 aromatic rings. The van der Waals surface area contributed by atoms with Gasteiger partial charge in [0, 0.05) is 25.4 Å². The molecule has 2 amide bonds. The first-order chi connectivity index (χ1) is 16.4. The third kappa shape index (κ3) is 5.56. The molecule has 0 saturated carbocycles. The summed E-state index contributed by atoms with van der Waals surface area (Å²) >= 11 is 0. The molecule has 1 heterocycles. The van der Waals surface area contributed by atoms with Gasteiger partial charge in [-0.3, -0.25) is 9.59 Å². The number of alkyl carbamates (subject to hydrolysis) is 1. The lowest BCUT2D eigenvalue weighted by Crippen LogP contribution is -2.35. The Hall–Kier alpha value is -3.39. The molecule has 1 saturated heterocycles. The van der Waals surface area contributed by atoms with E-state index in [0.29, 0.717) is 13.0 Å². The Morgan fingerprint density at radius 3 is 2.32 bits per heavy atom. The lowest BCUT2D eigenvalue weighted by molar-refractivity contribution is -0.141. The second-order valence-electron chi connectivity index (χ2n) is 9.05. The van der Waals surface area contributed by atoms with E-state index in [4.69, 9.17) is 14.6 Å². The number of carbonyl (C=O) groups is 3. The maximum Gasteiger partial charge on any atom is 0.407 e. The SMILES string of the molecule is CC(CNC(=O)OCC1c2ccccc2-c2ccccc21)CC(=O)NC[C@H]1C[C@@H](C(=O)O)CO1. The van der Waals surface area contributed by atoms with Gasteiger partial charge in [0.15, 0.2) is 0 Å². The van der Waals surface area contributed by atoms with Crippen molar-refractivity contribution in [3.63, 3.8) is 0 Å². The van der Waals surface area contributed by atoms with Gasteiger partial charge in [-0.25, -0.2) is 4.79 Å². The number of nitrogens with one attached hydrogen (secondary N) is 2. The predicted molar refractivity (Wildman–Crippen MR) is 125 cm³/mol. The van der Waals surface area contributed by atoms with E-state index in [0.717, 1.165) is 11.1 Å². The van der Waals surface area contributed by atoms with Crippen LogP contribution in [0.1, 0.15) is 36.8 Å². The molecule has 8 nitrogen and oxygen atoms in total. The highest BCUT2D eigenvalue weighted by molar-refractivity contribution is 5.79. The van der Waals surface area contributed by atoms with Crippen LogP contribution in [0.15, 0.2) is 48.5 Å². The molecule has 0 bridgehead atoms. The normalized spacial score (nSPS) is 19.7. The van der Waals surface area contributed by atoms with Crippen LogP contribution in [0.2, 0.25) is 0 Å². The van der Waals surface area contributed by atoms with Gasteiger partial charge in [-0.1, -0.05) is 55.5 Å². The number of hydrogen-bond acceptors (Lipinski definition) is 5. The molecule has 4 rings (SSSR count). The summed E-state index contributed by atoms with van der Waals surface area (Å²) in [5.74, 6) is -1.63. The fraction of sp³-hybridized carbons (Fsp3) is 0.423. The molecule has 1 aliphatic carbocycles. The molecule has 0 aromatic heterocycles. The van der Waals surface area contributed by atoms with Crippen LogP contribution in [0.3, 0.4) is 0 Å². The fourth-order valence-corrected chi connectivity index (χ4v) is 4.62. The van der Waals surface area contributed by atoms with Gasteiger partial charge in [-0.15, -0.1) is 0 Å². The van der Waals surface area contributed by atoms with Crippen LogP contribution < -0.4 is 10.6 Å². The van der Waals surface area contributed by atoms with Gasteiger partial charge < -0.3 is 25.2 Å². The average molecular weight is 467 g/mol. The monoisotopic (exact) mass is 466 g/mol. The summed E-state index contributed by atoms with van der Waals surface area (Å²) in [6.45, 7) is 2.89. The Labute approximate surface area is 198 Å². The molecule has 3 atom stereocenters. The first-order valence-corrected chi connectivity index (χ1v) is 11.6. The Balaban J connectivity index is 1.18. The fourth-order valence-electron chi connectivity index (χ4n) is 4.62. The summed E-state index contributed by atoms with van der Waals surface area (Å²) in [5.41, 5.74) is 4.66. The zero-order valence-electron chi connectivity index (χ0n) is 19.2. The van der Waals surface area contributed by atoms with Crippen LogP contribution in [-0.4, -0.2) is 55.5 Å². The van der Waals surface area contributed by atoms with Crippen molar-refractivity contribution in [1.82, 2.24) is 10.6 Å². The number of fused-ring (bicyclic) bond motifs is 3. The summed E-state index contributed by atoms with van der Waals surface area (Å²) in [6, 6.07) is 16.3. The number of carbonyl (C=O) groups excluding carboxylic acids is 2. The maximum atomic E-state index is 12.3. The summed E-state index contributed by atoms with van der Waals surface area (Å²) in [4.78, 5) is 35.5. The smallest absolute Gasteiger partial charge is 0.407 e. The summed E-state index contributed by atoms with van der Waals surface area (Å²) in [6.07, 6.45) is -0.153. The number of ether oxygens (including phenoxy) is 2. The maximum absolute atomic E-state index is 12.3. The van der Waals surface area contributed by atoms with E-state index in [1.807, 2.05) is 31.2 Å². The molecule has 1 aliphatic heterocycles. The van der Waals surface area contributed by atoms with E-state index >= 15 is 0 Å². The second-order valence-corrected chi connectivity index (χ2v) is 9.05. The van der Waals surface area contributed by atoms with Gasteiger partial charge in [0.2, 0.25) is 5.91 Å². The lowest BCUT2D eigenvalue weighted by atomic mass is 9.98. The van der Waals surface area contributed by atoms with Crippen LogP contribution in [0.25, 0.3) is 11.1 Å². The molecule has 0 spiro atoms. The van der Waals surface area contributed by atoms with Gasteiger partial charge >= 0.3 is 12.1 Å². The van der Waals surface area contributed by atoms with E-state index in [1.54, 1.807) is 0 Å². The minimum absolute atomic E-state index is 0.000109. The number of amides is 2. The van der Waals surface area contributed by atoms with E-state index < -0.39 is 18.0 Å². The highest BCUT2D eigenvalue weighted by Gasteiger charge is 2.31. The largest absolute Gasteiger partial charge is 0.481 e. The minimum atomic E-state index is -0.873. The van der Waals surface area contributed by atoms with Gasteiger partial charge in [0.05, 0.1) is 18.6 Å². The van der Waals surface area contributed by atoms with Crippen LogP contribution in [-0.2, 0) is 19.1 Å². The zero-order chi connectivity index (χ0) is 24.1. The summed E-state index contributed by atoms with van der Waals surface area (Å²) in [7, 11) is 0. The molecule has 1 fully saturated rings. The number of carboxylic acid groups (broad SMARTS) is 1. The molecular weight excluding hydrogens is 436 g/mol. The number of carboxylic acids is 1. The standard InChI is InChI=1S/C26H30N2O6/c1-16(10-24(29)27-13-18-11-17(14-33-18)25(30)31)12-28-26(32)34-15-23-21-8-4-2-6-19(21)20-7-3-5-9-22(20)23/h2-9,16-18,23H,10-15H2,1H3,(H,27,29)(H,28,32)(H,30,31)/t16?,17-,18-/m1/s1. The Morgan fingerprint density at radius 1 is 1.06 bits per heavy atom. The average Bonchev–Trinajstić information content (AvgIpc) is 3.43.